The number of aryl methyl sites for hydroxylation is 1. The maximum Gasteiger partial charge on any atom is 0.189 e. The SMILES string of the molecule is CCn1ncc(C(=O)/C=C/c2cccc(Cl)c2)c1C. The highest BCUT2D eigenvalue weighted by Gasteiger charge is 2.10. The van der Waals surface area contributed by atoms with Gasteiger partial charge in [-0.1, -0.05) is 29.8 Å². The number of ketones is 1. The van der Waals surface area contributed by atoms with Gasteiger partial charge in [0.05, 0.1) is 11.8 Å². The van der Waals surface area contributed by atoms with Gasteiger partial charge in [-0.25, -0.2) is 0 Å². The molecule has 0 amide bonds. The lowest BCUT2D eigenvalue weighted by atomic mass is 10.1. The van der Waals surface area contributed by atoms with E-state index in [1.165, 1.54) is 0 Å². The molecular weight excluding hydrogens is 260 g/mol. The van der Waals surface area contributed by atoms with E-state index in [2.05, 4.69) is 5.10 Å². The van der Waals surface area contributed by atoms with Crippen LogP contribution in [-0.2, 0) is 6.54 Å². The maximum atomic E-state index is 12.1. The highest BCUT2D eigenvalue weighted by molar-refractivity contribution is 6.30. The predicted octanol–water partition coefficient (Wildman–Crippen LogP) is 3.76. The van der Waals surface area contributed by atoms with Gasteiger partial charge in [0.1, 0.15) is 0 Å². The molecule has 0 spiro atoms. The summed E-state index contributed by atoms with van der Waals surface area (Å²) in [6.45, 7) is 4.66. The molecule has 0 radical (unpaired) electrons. The zero-order valence-corrected chi connectivity index (χ0v) is 11.7. The van der Waals surface area contributed by atoms with Gasteiger partial charge in [0.25, 0.3) is 0 Å². The number of benzene rings is 1. The normalized spacial score (nSPS) is 11.1. The second-order valence-corrected chi connectivity index (χ2v) is 4.65. The smallest absolute Gasteiger partial charge is 0.189 e. The second kappa shape index (κ2) is 5.85. The number of rotatable bonds is 4. The van der Waals surface area contributed by atoms with Crippen LogP contribution in [0.5, 0.6) is 0 Å². The van der Waals surface area contributed by atoms with Crippen molar-refractivity contribution < 1.29 is 4.79 Å². The first-order valence-electron chi connectivity index (χ1n) is 6.12. The summed E-state index contributed by atoms with van der Waals surface area (Å²) in [5, 5.41) is 4.82. The number of aromatic nitrogens is 2. The quantitative estimate of drug-likeness (QED) is 0.628. The monoisotopic (exact) mass is 274 g/mol. The molecule has 0 saturated heterocycles. The Balaban J connectivity index is 2.19. The summed E-state index contributed by atoms with van der Waals surface area (Å²) in [5.41, 5.74) is 2.43. The van der Waals surface area contributed by atoms with Gasteiger partial charge in [0, 0.05) is 17.3 Å². The number of carbonyl (C=O) groups is 1. The van der Waals surface area contributed by atoms with Crippen molar-refractivity contribution in [2.24, 2.45) is 0 Å². The summed E-state index contributed by atoms with van der Waals surface area (Å²) in [7, 11) is 0. The van der Waals surface area contributed by atoms with Gasteiger partial charge in [0.15, 0.2) is 5.78 Å². The Morgan fingerprint density at radius 3 is 2.89 bits per heavy atom. The standard InChI is InChI=1S/C15H15ClN2O/c1-3-18-11(2)14(10-17-18)15(19)8-7-12-5-4-6-13(16)9-12/h4-10H,3H2,1-2H3/b8-7+. The highest BCUT2D eigenvalue weighted by Crippen LogP contribution is 2.13. The predicted molar refractivity (Wildman–Crippen MR) is 77.5 cm³/mol. The molecule has 1 heterocycles. The summed E-state index contributed by atoms with van der Waals surface area (Å²) >= 11 is 5.89. The molecule has 19 heavy (non-hydrogen) atoms. The molecule has 4 heteroatoms. The van der Waals surface area contributed by atoms with E-state index in [0.29, 0.717) is 10.6 Å². The lowest BCUT2D eigenvalue weighted by Crippen LogP contribution is -2.01. The van der Waals surface area contributed by atoms with Gasteiger partial charge in [0.2, 0.25) is 0 Å². The fourth-order valence-electron chi connectivity index (χ4n) is 1.88. The minimum atomic E-state index is -0.0443. The first-order valence-corrected chi connectivity index (χ1v) is 6.50. The number of halogens is 1. The average molecular weight is 275 g/mol. The zero-order chi connectivity index (χ0) is 13.8. The van der Waals surface area contributed by atoms with E-state index in [1.54, 1.807) is 29.1 Å². The number of carbonyl (C=O) groups excluding carboxylic acids is 1. The van der Waals surface area contributed by atoms with Crippen molar-refractivity contribution >= 4 is 23.5 Å². The first-order chi connectivity index (χ1) is 9.11. The highest BCUT2D eigenvalue weighted by atomic mass is 35.5. The molecular formula is C15H15ClN2O. The molecule has 1 aromatic carbocycles. The Morgan fingerprint density at radius 1 is 1.47 bits per heavy atom. The molecule has 0 N–H and O–H groups in total. The van der Waals surface area contributed by atoms with Gasteiger partial charge < -0.3 is 0 Å². The third-order valence-corrected chi connectivity index (χ3v) is 3.18. The lowest BCUT2D eigenvalue weighted by molar-refractivity contribution is 0.104. The summed E-state index contributed by atoms with van der Waals surface area (Å²) < 4.78 is 1.81. The van der Waals surface area contributed by atoms with Crippen LogP contribution in [0.2, 0.25) is 5.02 Å². The lowest BCUT2D eigenvalue weighted by Gasteiger charge is -1.99. The van der Waals surface area contributed by atoms with E-state index >= 15 is 0 Å². The van der Waals surface area contributed by atoms with Gasteiger partial charge in [-0.05, 0) is 37.6 Å². The van der Waals surface area contributed by atoms with Crippen molar-refractivity contribution in [3.63, 3.8) is 0 Å². The number of hydrogen-bond donors (Lipinski definition) is 0. The fourth-order valence-corrected chi connectivity index (χ4v) is 2.08. The van der Waals surface area contributed by atoms with E-state index in [0.717, 1.165) is 17.8 Å². The summed E-state index contributed by atoms with van der Waals surface area (Å²) in [6.07, 6.45) is 4.93. The molecule has 0 aliphatic carbocycles. The molecule has 98 valence electrons. The van der Waals surface area contributed by atoms with Crippen LogP contribution >= 0.6 is 11.6 Å². The van der Waals surface area contributed by atoms with Crippen LogP contribution in [0.1, 0.15) is 28.5 Å². The molecule has 2 aromatic rings. The summed E-state index contributed by atoms with van der Waals surface area (Å²) in [4.78, 5) is 12.1. The van der Waals surface area contributed by atoms with Crippen molar-refractivity contribution in [2.75, 3.05) is 0 Å². The van der Waals surface area contributed by atoms with Gasteiger partial charge >= 0.3 is 0 Å². The van der Waals surface area contributed by atoms with Crippen molar-refractivity contribution in [3.8, 4) is 0 Å². The van der Waals surface area contributed by atoms with E-state index < -0.39 is 0 Å². The molecule has 1 aromatic heterocycles. The molecule has 0 bridgehead atoms. The van der Waals surface area contributed by atoms with Gasteiger partial charge in [-0.2, -0.15) is 5.10 Å². The van der Waals surface area contributed by atoms with E-state index in [-0.39, 0.29) is 5.78 Å². The number of nitrogens with zero attached hydrogens (tertiary/aromatic N) is 2. The molecule has 0 fully saturated rings. The largest absolute Gasteiger partial charge is 0.289 e. The van der Waals surface area contributed by atoms with Gasteiger partial charge in [-0.15, -0.1) is 0 Å². The van der Waals surface area contributed by atoms with E-state index in [9.17, 15) is 4.79 Å². The van der Waals surface area contributed by atoms with Crippen molar-refractivity contribution in [1.82, 2.24) is 9.78 Å². The summed E-state index contributed by atoms with van der Waals surface area (Å²) in [6, 6.07) is 7.37. The third-order valence-electron chi connectivity index (χ3n) is 2.94. The minimum Gasteiger partial charge on any atom is -0.289 e. The van der Waals surface area contributed by atoms with Crippen LogP contribution in [0.3, 0.4) is 0 Å². The molecule has 0 saturated carbocycles. The molecule has 2 rings (SSSR count). The van der Waals surface area contributed by atoms with Crippen LogP contribution in [0.15, 0.2) is 36.5 Å². The zero-order valence-electron chi connectivity index (χ0n) is 10.9. The molecule has 3 nitrogen and oxygen atoms in total. The maximum absolute atomic E-state index is 12.1. The van der Waals surface area contributed by atoms with Crippen LogP contribution in [0.25, 0.3) is 6.08 Å². The molecule has 0 aliphatic rings. The van der Waals surface area contributed by atoms with Crippen LogP contribution in [-0.4, -0.2) is 15.6 Å². The summed E-state index contributed by atoms with van der Waals surface area (Å²) in [5.74, 6) is -0.0443. The van der Waals surface area contributed by atoms with Crippen LogP contribution < -0.4 is 0 Å². The Kier molecular flexibility index (Phi) is 4.17. The second-order valence-electron chi connectivity index (χ2n) is 4.21. The molecule has 0 unspecified atom stereocenters. The van der Waals surface area contributed by atoms with E-state index in [1.807, 2.05) is 32.0 Å². The molecule has 0 aliphatic heterocycles. The van der Waals surface area contributed by atoms with Crippen molar-refractivity contribution in [2.45, 2.75) is 20.4 Å². The number of allylic oxidation sites excluding steroid dienone is 1. The minimum absolute atomic E-state index is 0.0443. The van der Waals surface area contributed by atoms with Crippen LogP contribution in [0, 0.1) is 6.92 Å². The average Bonchev–Trinajstić information content (AvgIpc) is 2.77. The Bertz CT molecular complexity index is 629. The van der Waals surface area contributed by atoms with Gasteiger partial charge in [-0.3, -0.25) is 9.48 Å². The fraction of sp³-hybridized carbons (Fsp3) is 0.200. The Morgan fingerprint density at radius 2 is 2.26 bits per heavy atom. The van der Waals surface area contributed by atoms with Crippen molar-refractivity contribution in [1.29, 1.82) is 0 Å². The third kappa shape index (κ3) is 3.12. The van der Waals surface area contributed by atoms with E-state index in [4.69, 9.17) is 11.6 Å². The van der Waals surface area contributed by atoms with Crippen LogP contribution in [0.4, 0.5) is 0 Å². The topological polar surface area (TPSA) is 34.9 Å². The van der Waals surface area contributed by atoms with Crippen molar-refractivity contribution in [3.05, 3.63) is 58.4 Å². The Labute approximate surface area is 117 Å². The molecule has 0 atom stereocenters. The Hall–Kier alpha value is -1.87. The first kappa shape index (κ1) is 13.6. The number of hydrogen-bond acceptors (Lipinski definition) is 2.